The maximum Gasteiger partial charge on any atom is 0.132 e. The molecule has 0 bridgehead atoms. The highest BCUT2D eigenvalue weighted by Crippen LogP contribution is 2.11. The van der Waals surface area contributed by atoms with E-state index in [2.05, 4.69) is 37.3 Å². The quantitative estimate of drug-likeness (QED) is 0.227. The normalized spacial score (nSPS) is 12.2. The van der Waals surface area contributed by atoms with Gasteiger partial charge in [-0.3, -0.25) is 4.84 Å². The second kappa shape index (κ2) is 17.0. The van der Waals surface area contributed by atoms with Crippen LogP contribution in [0.4, 0.5) is 0 Å². The molecule has 1 aromatic rings. The number of hydroxylamine groups is 2. The number of rotatable bonds is 15. The number of nitrogens with zero attached hydrogens (tertiary/aromatic N) is 1. The third kappa shape index (κ3) is 11.7. The van der Waals surface area contributed by atoms with Crippen molar-refractivity contribution in [3.63, 3.8) is 0 Å². The van der Waals surface area contributed by atoms with Crippen LogP contribution in [0.3, 0.4) is 0 Å². The standard InChI is InChI=1S/C20H35NO3.BrH/c1-4-21(23-3)20(22-2)16-9-6-11-17-24-18-12-10-15-19-13-7-5-8-14-19;/h5,7-8,13-14,20H,4,6,9-12,15-18H2,1-3H3;1H. The van der Waals surface area contributed by atoms with Crippen LogP contribution in [0.1, 0.15) is 51.0 Å². The van der Waals surface area contributed by atoms with Gasteiger partial charge in [0.05, 0.1) is 7.11 Å². The van der Waals surface area contributed by atoms with Gasteiger partial charge in [0, 0.05) is 26.9 Å². The van der Waals surface area contributed by atoms with Crippen molar-refractivity contribution in [3.05, 3.63) is 35.9 Å². The Labute approximate surface area is 164 Å². The molecule has 0 spiro atoms. The molecular formula is C20H36BrNO3. The molecule has 0 saturated heterocycles. The van der Waals surface area contributed by atoms with Gasteiger partial charge in [0.25, 0.3) is 0 Å². The molecule has 1 rings (SSSR count). The Morgan fingerprint density at radius 3 is 2.20 bits per heavy atom. The molecule has 146 valence electrons. The lowest BCUT2D eigenvalue weighted by Gasteiger charge is -2.26. The number of benzene rings is 1. The topological polar surface area (TPSA) is 30.9 Å². The average molecular weight is 418 g/mol. The van der Waals surface area contributed by atoms with E-state index in [0.29, 0.717) is 0 Å². The third-order valence-electron chi connectivity index (χ3n) is 4.23. The first kappa shape index (κ1) is 24.5. The van der Waals surface area contributed by atoms with E-state index in [1.807, 2.05) is 5.06 Å². The van der Waals surface area contributed by atoms with Crippen LogP contribution in [0, 0.1) is 0 Å². The number of unbranched alkanes of at least 4 members (excludes halogenated alkanes) is 3. The number of hydrogen-bond donors (Lipinski definition) is 0. The highest BCUT2D eigenvalue weighted by molar-refractivity contribution is 8.93. The number of aryl methyl sites for hydroxylation is 1. The van der Waals surface area contributed by atoms with E-state index < -0.39 is 0 Å². The second-order valence-electron chi connectivity index (χ2n) is 6.01. The molecular weight excluding hydrogens is 382 g/mol. The summed E-state index contributed by atoms with van der Waals surface area (Å²) in [6, 6.07) is 10.7. The van der Waals surface area contributed by atoms with Crippen molar-refractivity contribution in [2.24, 2.45) is 0 Å². The van der Waals surface area contributed by atoms with Crippen molar-refractivity contribution in [1.82, 2.24) is 5.06 Å². The first-order valence-corrected chi connectivity index (χ1v) is 9.27. The van der Waals surface area contributed by atoms with Crippen molar-refractivity contribution in [1.29, 1.82) is 0 Å². The fraction of sp³-hybridized carbons (Fsp3) is 0.700. The predicted molar refractivity (Wildman–Crippen MR) is 109 cm³/mol. The Hall–Kier alpha value is -0.460. The van der Waals surface area contributed by atoms with Crippen LogP contribution in [0.15, 0.2) is 30.3 Å². The van der Waals surface area contributed by atoms with E-state index in [0.717, 1.165) is 51.9 Å². The van der Waals surface area contributed by atoms with Gasteiger partial charge in [0.2, 0.25) is 0 Å². The number of halogens is 1. The molecule has 0 aliphatic rings. The third-order valence-corrected chi connectivity index (χ3v) is 4.23. The SMILES string of the molecule is Br.CCN(OC)C(CCCCCOCCCCc1ccccc1)OC. The summed E-state index contributed by atoms with van der Waals surface area (Å²) in [5.41, 5.74) is 1.42. The van der Waals surface area contributed by atoms with Gasteiger partial charge in [-0.25, -0.2) is 0 Å². The zero-order valence-corrected chi connectivity index (χ0v) is 17.8. The molecule has 0 fully saturated rings. The fourth-order valence-corrected chi connectivity index (χ4v) is 2.81. The smallest absolute Gasteiger partial charge is 0.132 e. The number of ether oxygens (including phenoxy) is 2. The van der Waals surface area contributed by atoms with E-state index in [1.165, 1.54) is 18.4 Å². The van der Waals surface area contributed by atoms with Crippen LogP contribution in [0.2, 0.25) is 0 Å². The highest BCUT2D eigenvalue weighted by Gasteiger charge is 2.15. The lowest BCUT2D eigenvalue weighted by Crippen LogP contribution is -2.35. The largest absolute Gasteiger partial charge is 0.381 e. The molecule has 5 heteroatoms. The summed E-state index contributed by atoms with van der Waals surface area (Å²) in [6.45, 7) is 4.65. The van der Waals surface area contributed by atoms with Gasteiger partial charge in [0.15, 0.2) is 0 Å². The van der Waals surface area contributed by atoms with Gasteiger partial charge >= 0.3 is 0 Å². The maximum absolute atomic E-state index is 5.73. The first-order valence-electron chi connectivity index (χ1n) is 9.27. The van der Waals surface area contributed by atoms with Crippen LogP contribution in [-0.2, 0) is 20.7 Å². The summed E-state index contributed by atoms with van der Waals surface area (Å²) < 4.78 is 11.2. The van der Waals surface area contributed by atoms with Gasteiger partial charge in [-0.2, -0.15) is 5.06 Å². The van der Waals surface area contributed by atoms with Gasteiger partial charge in [-0.15, -0.1) is 17.0 Å². The monoisotopic (exact) mass is 417 g/mol. The minimum Gasteiger partial charge on any atom is -0.381 e. The van der Waals surface area contributed by atoms with Crippen molar-refractivity contribution >= 4 is 17.0 Å². The molecule has 1 atom stereocenters. The molecule has 1 unspecified atom stereocenters. The Bertz CT molecular complexity index is 388. The van der Waals surface area contributed by atoms with Crippen LogP contribution in [-0.4, -0.2) is 45.3 Å². The average Bonchev–Trinajstić information content (AvgIpc) is 2.63. The molecule has 0 radical (unpaired) electrons. The molecule has 0 N–H and O–H groups in total. The summed E-state index contributed by atoms with van der Waals surface area (Å²) in [5.74, 6) is 0. The maximum atomic E-state index is 5.73. The summed E-state index contributed by atoms with van der Waals surface area (Å²) >= 11 is 0. The molecule has 4 nitrogen and oxygen atoms in total. The Kier molecular flexibility index (Phi) is 16.7. The molecule has 25 heavy (non-hydrogen) atoms. The second-order valence-corrected chi connectivity index (χ2v) is 6.01. The van der Waals surface area contributed by atoms with E-state index in [9.17, 15) is 0 Å². The van der Waals surface area contributed by atoms with Crippen molar-refractivity contribution in [2.45, 2.75) is 58.1 Å². The van der Waals surface area contributed by atoms with E-state index >= 15 is 0 Å². The Morgan fingerprint density at radius 2 is 1.60 bits per heavy atom. The van der Waals surface area contributed by atoms with E-state index in [1.54, 1.807) is 14.2 Å². The van der Waals surface area contributed by atoms with Crippen LogP contribution in [0.5, 0.6) is 0 Å². The molecule has 0 saturated carbocycles. The van der Waals surface area contributed by atoms with Gasteiger partial charge in [-0.05, 0) is 51.0 Å². The van der Waals surface area contributed by atoms with Gasteiger partial charge < -0.3 is 9.47 Å². The molecule has 0 aromatic heterocycles. The van der Waals surface area contributed by atoms with E-state index in [4.69, 9.17) is 14.3 Å². The van der Waals surface area contributed by atoms with Gasteiger partial charge in [0.1, 0.15) is 6.23 Å². The Morgan fingerprint density at radius 1 is 0.920 bits per heavy atom. The van der Waals surface area contributed by atoms with Crippen molar-refractivity contribution in [2.75, 3.05) is 34.0 Å². The summed E-state index contributed by atoms with van der Waals surface area (Å²) in [6.07, 6.45) is 7.96. The molecule has 0 amide bonds. The summed E-state index contributed by atoms with van der Waals surface area (Å²) in [5, 5.41) is 1.88. The van der Waals surface area contributed by atoms with Crippen molar-refractivity contribution < 1.29 is 14.3 Å². The first-order chi connectivity index (χ1) is 11.8. The Balaban J connectivity index is 0.00000576. The zero-order chi connectivity index (χ0) is 17.5. The lowest BCUT2D eigenvalue weighted by molar-refractivity contribution is -0.229. The van der Waals surface area contributed by atoms with Crippen LogP contribution < -0.4 is 0 Å². The van der Waals surface area contributed by atoms with Gasteiger partial charge in [-0.1, -0.05) is 36.8 Å². The summed E-state index contributed by atoms with van der Waals surface area (Å²) in [4.78, 5) is 5.30. The fourth-order valence-electron chi connectivity index (χ4n) is 2.81. The number of methoxy groups -OCH3 is 1. The van der Waals surface area contributed by atoms with Crippen molar-refractivity contribution in [3.8, 4) is 0 Å². The molecule has 0 aliphatic heterocycles. The van der Waals surface area contributed by atoms with E-state index in [-0.39, 0.29) is 23.2 Å². The lowest BCUT2D eigenvalue weighted by atomic mass is 10.1. The molecule has 0 aliphatic carbocycles. The van der Waals surface area contributed by atoms with Crippen LogP contribution >= 0.6 is 17.0 Å². The summed E-state index contributed by atoms with van der Waals surface area (Å²) in [7, 11) is 3.44. The number of hydrogen-bond acceptors (Lipinski definition) is 4. The minimum absolute atomic E-state index is 0. The van der Waals surface area contributed by atoms with Crippen LogP contribution in [0.25, 0.3) is 0 Å². The highest BCUT2D eigenvalue weighted by atomic mass is 79.9. The minimum atomic E-state index is 0. The molecule has 0 heterocycles. The molecule has 1 aromatic carbocycles. The predicted octanol–water partition coefficient (Wildman–Crippen LogP) is 5.02. The zero-order valence-electron chi connectivity index (χ0n) is 16.1.